The zero-order chi connectivity index (χ0) is 17.1. The second kappa shape index (κ2) is 7.19. The number of aliphatic hydroxyl groups excluding tert-OH is 2. The van der Waals surface area contributed by atoms with Gasteiger partial charge in [-0.25, -0.2) is 0 Å². The summed E-state index contributed by atoms with van der Waals surface area (Å²) in [5.41, 5.74) is 1.51. The number of hydrogen-bond donors (Lipinski definition) is 4. The van der Waals surface area contributed by atoms with E-state index < -0.39 is 12.2 Å². The quantitative estimate of drug-likeness (QED) is 0.621. The number of allylic oxidation sites excluding steroid dienone is 3. The van der Waals surface area contributed by atoms with Gasteiger partial charge in [0, 0.05) is 0 Å². The summed E-state index contributed by atoms with van der Waals surface area (Å²) in [4.78, 5) is 0. The van der Waals surface area contributed by atoms with E-state index in [-0.39, 0.29) is 36.9 Å². The summed E-state index contributed by atoms with van der Waals surface area (Å²) in [5, 5.41) is 37.6. The Morgan fingerprint density at radius 1 is 1.04 bits per heavy atom. The number of hydrogen-bond acceptors (Lipinski definition) is 6. The van der Waals surface area contributed by atoms with Crippen molar-refractivity contribution < 1.29 is 29.9 Å². The number of phenolic OH excluding ortho intramolecular Hbond substituents is 2. The van der Waals surface area contributed by atoms with Crippen LogP contribution in [0.3, 0.4) is 0 Å². The van der Waals surface area contributed by atoms with Crippen molar-refractivity contribution in [3.8, 4) is 11.5 Å². The Hall–Kier alpha value is -2.12. The number of rotatable bonds is 4. The molecule has 4 N–H and O–H groups in total. The lowest BCUT2D eigenvalue weighted by atomic mass is 9.96. The van der Waals surface area contributed by atoms with Crippen LogP contribution in [0.15, 0.2) is 54.2 Å². The van der Waals surface area contributed by atoms with Gasteiger partial charge in [-0.1, -0.05) is 30.4 Å². The maximum absolute atomic E-state index is 9.68. The lowest BCUT2D eigenvalue weighted by molar-refractivity contribution is -0.204. The van der Waals surface area contributed by atoms with Crippen LogP contribution in [-0.4, -0.2) is 52.0 Å². The second-order valence-electron chi connectivity index (χ2n) is 5.70. The number of aromatic hydroxyl groups is 2. The van der Waals surface area contributed by atoms with E-state index >= 15 is 0 Å². The molecule has 0 unspecified atom stereocenters. The third-order valence-corrected chi connectivity index (χ3v) is 4.06. The highest BCUT2D eigenvalue weighted by Gasteiger charge is 2.38. The Morgan fingerprint density at radius 3 is 2.58 bits per heavy atom. The molecule has 0 aromatic heterocycles. The fourth-order valence-electron chi connectivity index (χ4n) is 2.87. The maximum Gasteiger partial charge on any atom is 0.157 e. The summed E-state index contributed by atoms with van der Waals surface area (Å²) in [5.74, 6) is -0.458. The summed E-state index contributed by atoms with van der Waals surface area (Å²) in [6.45, 7) is -0.281. The minimum atomic E-state index is -0.596. The molecule has 128 valence electrons. The van der Waals surface area contributed by atoms with Crippen LogP contribution in [0, 0.1) is 0 Å². The molecule has 1 saturated heterocycles. The predicted octanol–water partition coefficient (Wildman–Crippen LogP) is 1.33. The first-order chi connectivity index (χ1) is 11.6. The highest BCUT2D eigenvalue weighted by molar-refractivity contribution is 5.42. The van der Waals surface area contributed by atoms with Crippen molar-refractivity contribution in [2.75, 3.05) is 13.2 Å². The van der Waals surface area contributed by atoms with Crippen LogP contribution in [0.4, 0.5) is 0 Å². The van der Waals surface area contributed by atoms with Crippen LogP contribution in [-0.2, 0) is 9.47 Å². The molecule has 4 atom stereocenters. The molecule has 2 aliphatic rings. The molecule has 6 heteroatoms. The van der Waals surface area contributed by atoms with Crippen LogP contribution in [0.25, 0.3) is 0 Å². The van der Waals surface area contributed by atoms with Crippen LogP contribution in [0.2, 0.25) is 0 Å². The first-order valence-corrected chi connectivity index (χ1v) is 7.73. The molecule has 1 aliphatic carbocycles. The van der Waals surface area contributed by atoms with Gasteiger partial charge < -0.3 is 29.9 Å². The van der Waals surface area contributed by atoms with Gasteiger partial charge in [0.1, 0.15) is 24.4 Å². The number of benzene rings is 1. The van der Waals surface area contributed by atoms with E-state index in [1.54, 1.807) is 18.2 Å². The van der Waals surface area contributed by atoms with E-state index in [9.17, 15) is 15.3 Å². The predicted molar refractivity (Wildman–Crippen MR) is 86.6 cm³/mol. The molecule has 6 nitrogen and oxygen atoms in total. The Balaban J connectivity index is 1.81. The largest absolute Gasteiger partial charge is 0.504 e. The van der Waals surface area contributed by atoms with Crippen LogP contribution in [0.5, 0.6) is 11.5 Å². The molecule has 1 aromatic rings. The lowest BCUT2D eigenvalue weighted by Gasteiger charge is -2.40. The van der Waals surface area contributed by atoms with E-state index in [0.717, 1.165) is 5.57 Å². The van der Waals surface area contributed by atoms with Gasteiger partial charge in [0.25, 0.3) is 0 Å². The molecule has 1 heterocycles. The van der Waals surface area contributed by atoms with Gasteiger partial charge in [-0.3, -0.25) is 0 Å². The molecule has 1 fully saturated rings. The second-order valence-corrected chi connectivity index (χ2v) is 5.70. The Labute approximate surface area is 139 Å². The van der Waals surface area contributed by atoms with E-state index in [1.165, 1.54) is 12.1 Å². The number of fused-ring (bicyclic) bond motifs is 1. The molecule has 0 amide bonds. The first kappa shape index (κ1) is 16.7. The molecular weight excluding hydrogens is 312 g/mol. The van der Waals surface area contributed by atoms with Gasteiger partial charge >= 0.3 is 0 Å². The topological polar surface area (TPSA) is 99.4 Å². The summed E-state index contributed by atoms with van der Waals surface area (Å²) in [6.07, 6.45) is 7.22. The minimum absolute atomic E-state index is 0.0394. The van der Waals surface area contributed by atoms with Crippen molar-refractivity contribution in [2.45, 2.75) is 24.4 Å². The average molecular weight is 332 g/mol. The Morgan fingerprint density at radius 2 is 1.88 bits per heavy atom. The number of aliphatic hydroxyl groups is 2. The Kier molecular flexibility index (Phi) is 5.01. The van der Waals surface area contributed by atoms with Gasteiger partial charge in [-0.05, 0) is 29.3 Å². The fraction of sp³-hybridized carbons (Fsp3) is 0.333. The number of ether oxygens (including phenoxy) is 2. The summed E-state index contributed by atoms with van der Waals surface area (Å²) < 4.78 is 12.0. The van der Waals surface area contributed by atoms with Crippen molar-refractivity contribution in [3.63, 3.8) is 0 Å². The van der Waals surface area contributed by atoms with Crippen molar-refractivity contribution in [3.05, 3.63) is 59.7 Å². The zero-order valence-corrected chi connectivity index (χ0v) is 12.9. The van der Waals surface area contributed by atoms with Crippen molar-refractivity contribution in [1.82, 2.24) is 0 Å². The first-order valence-electron chi connectivity index (χ1n) is 7.73. The van der Waals surface area contributed by atoms with E-state index in [1.807, 2.05) is 18.2 Å². The third kappa shape index (κ3) is 3.37. The van der Waals surface area contributed by atoms with E-state index in [2.05, 4.69) is 0 Å². The maximum atomic E-state index is 9.68. The minimum Gasteiger partial charge on any atom is -0.504 e. The van der Waals surface area contributed by atoms with Gasteiger partial charge in [0.2, 0.25) is 0 Å². The van der Waals surface area contributed by atoms with Crippen LogP contribution < -0.4 is 0 Å². The lowest BCUT2D eigenvalue weighted by Crippen LogP contribution is -2.46. The molecule has 1 aromatic carbocycles. The normalized spacial score (nSPS) is 29.5. The van der Waals surface area contributed by atoms with Crippen molar-refractivity contribution in [1.29, 1.82) is 0 Å². The van der Waals surface area contributed by atoms with Gasteiger partial charge in [-0.2, -0.15) is 0 Å². The van der Waals surface area contributed by atoms with Crippen molar-refractivity contribution in [2.24, 2.45) is 0 Å². The summed E-state index contributed by atoms with van der Waals surface area (Å²) >= 11 is 0. The molecular formula is C18H20O6. The third-order valence-electron chi connectivity index (χ3n) is 4.06. The Bertz CT molecular complexity index is 678. The number of phenols is 2. The molecule has 3 rings (SSSR count). The summed E-state index contributed by atoms with van der Waals surface area (Å²) in [7, 11) is 0. The van der Waals surface area contributed by atoms with Gasteiger partial charge in [0.05, 0.1) is 13.2 Å². The highest BCUT2D eigenvalue weighted by atomic mass is 16.6. The fourth-order valence-corrected chi connectivity index (χ4v) is 2.87. The smallest absolute Gasteiger partial charge is 0.157 e. The van der Waals surface area contributed by atoms with E-state index in [0.29, 0.717) is 5.56 Å². The SMILES string of the molecule is OC/C=C/C1=C[C@H]2O[C@@H](CO)[C@H](c3ccc(O)c(O)c3)O[C@H]2C=C1. The molecule has 0 bridgehead atoms. The average Bonchev–Trinajstić information content (AvgIpc) is 2.61. The molecule has 24 heavy (non-hydrogen) atoms. The van der Waals surface area contributed by atoms with E-state index in [4.69, 9.17) is 14.6 Å². The molecule has 0 radical (unpaired) electrons. The molecule has 1 aliphatic heterocycles. The standard InChI is InChI=1S/C18H20O6/c19-7-1-2-11-3-6-15-16(8-11)23-17(10-20)18(24-15)12-4-5-13(21)14(22)9-12/h1-6,8-9,15-22H,7,10H2/b2-1+/t15-,16+,17-,18-/m0/s1. The summed E-state index contributed by atoms with van der Waals surface area (Å²) in [6, 6.07) is 4.41. The van der Waals surface area contributed by atoms with Gasteiger partial charge in [0.15, 0.2) is 11.5 Å². The molecule has 0 spiro atoms. The van der Waals surface area contributed by atoms with Crippen molar-refractivity contribution >= 4 is 0 Å². The van der Waals surface area contributed by atoms with Crippen LogP contribution >= 0.6 is 0 Å². The van der Waals surface area contributed by atoms with Gasteiger partial charge in [-0.15, -0.1) is 0 Å². The zero-order valence-electron chi connectivity index (χ0n) is 12.9. The monoisotopic (exact) mass is 332 g/mol. The molecule has 0 saturated carbocycles. The highest BCUT2D eigenvalue weighted by Crippen LogP contribution is 2.37. The van der Waals surface area contributed by atoms with Crippen LogP contribution in [0.1, 0.15) is 11.7 Å².